The summed E-state index contributed by atoms with van der Waals surface area (Å²) in [5.74, 6) is 0.154. The zero-order valence-electron chi connectivity index (χ0n) is 14.2. The minimum atomic E-state index is -3.99. The maximum atomic E-state index is 12.7. The number of rotatable bonds is 3. The molecule has 0 aliphatic carbocycles. The Balaban J connectivity index is 1.68. The summed E-state index contributed by atoms with van der Waals surface area (Å²) in [4.78, 5) is 13.4. The first-order chi connectivity index (χ1) is 12.4. The molecule has 0 bridgehead atoms. The maximum Gasteiger partial charge on any atom is 0.339 e. The van der Waals surface area contributed by atoms with E-state index >= 15 is 0 Å². The van der Waals surface area contributed by atoms with Crippen molar-refractivity contribution in [3.63, 3.8) is 0 Å². The van der Waals surface area contributed by atoms with Gasteiger partial charge in [0.05, 0.1) is 0 Å². The molecule has 0 saturated carbocycles. The number of amides is 1. The Morgan fingerprint density at radius 2 is 1.77 bits per heavy atom. The predicted molar refractivity (Wildman–Crippen MR) is 99.9 cm³/mol. The molecule has 4 rings (SSSR count). The molecule has 0 N–H and O–H groups in total. The van der Waals surface area contributed by atoms with Crippen LogP contribution in [0.4, 0.5) is 5.69 Å². The molecule has 1 aliphatic rings. The Morgan fingerprint density at radius 1 is 1.00 bits per heavy atom. The van der Waals surface area contributed by atoms with Crippen LogP contribution in [0.3, 0.4) is 0 Å². The van der Waals surface area contributed by atoms with Crippen molar-refractivity contribution < 1.29 is 17.4 Å². The Bertz CT molecular complexity index is 1120. The number of hydrogen-bond donors (Lipinski definition) is 0. The van der Waals surface area contributed by atoms with Crippen molar-refractivity contribution >= 4 is 32.5 Å². The van der Waals surface area contributed by atoms with E-state index in [0.29, 0.717) is 12.2 Å². The SMILES string of the molecule is CC(=O)N1CCc2ccc(S(=O)(=O)Oc3ccc4ccccc4c3)cc21. The van der Waals surface area contributed by atoms with Crippen molar-refractivity contribution in [1.29, 1.82) is 0 Å². The van der Waals surface area contributed by atoms with Gasteiger partial charge in [-0.05, 0) is 47.0 Å². The maximum absolute atomic E-state index is 12.7. The number of fused-ring (bicyclic) bond motifs is 2. The summed E-state index contributed by atoms with van der Waals surface area (Å²) in [6.45, 7) is 2.04. The molecule has 3 aromatic rings. The topological polar surface area (TPSA) is 63.7 Å². The van der Waals surface area contributed by atoms with Crippen LogP contribution < -0.4 is 9.08 Å². The molecule has 0 atom stereocenters. The summed E-state index contributed by atoms with van der Waals surface area (Å²) in [7, 11) is -3.99. The molecule has 0 unspecified atom stereocenters. The number of anilines is 1. The fraction of sp³-hybridized carbons (Fsp3) is 0.150. The van der Waals surface area contributed by atoms with Crippen molar-refractivity contribution in [2.75, 3.05) is 11.4 Å². The van der Waals surface area contributed by atoms with E-state index in [-0.39, 0.29) is 16.6 Å². The van der Waals surface area contributed by atoms with Crippen LogP contribution in [0.25, 0.3) is 10.8 Å². The average Bonchev–Trinajstić information content (AvgIpc) is 3.05. The highest BCUT2D eigenvalue weighted by Gasteiger charge is 2.26. The fourth-order valence-corrected chi connectivity index (χ4v) is 4.18. The first-order valence-corrected chi connectivity index (χ1v) is 9.69. The number of nitrogens with zero attached hydrogens (tertiary/aromatic N) is 1. The molecule has 6 heteroatoms. The van der Waals surface area contributed by atoms with Crippen LogP contribution in [0.2, 0.25) is 0 Å². The summed E-state index contributed by atoms with van der Waals surface area (Å²) >= 11 is 0. The molecular formula is C20H17NO4S. The Morgan fingerprint density at radius 3 is 2.54 bits per heavy atom. The van der Waals surface area contributed by atoms with E-state index in [1.165, 1.54) is 19.1 Å². The van der Waals surface area contributed by atoms with Gasteiger partial charge in [-0.25, -0.2) is 0 Å². The number of carbonyl (C=O) groups is 1. The minimum absolute atomic E-state index is 0.0394. The van der Waals surface area contributed by atoms with Crippen LogP contribution in [0.1, 0.15) is 12.5 Å². The lowest BCUT2D eigenvalue weighted by molar-refractivity contribution is -0.116. The van der Waals surface area contributed by atoms with Crippen LogP contribution >= 0.6 is 0 Å². The number of benzene rings is 3. The van der Waals surface area contributed by atoms with Crippen molar-refractivity contribution in [2.45, 2.75) is 18.2 Å². The molecule has 0 fully saturated rings. The van der Waals surface area contributed by atoms with Crippen molar-refractivity contribution in [2.24, 2.45) is 0 Å². The first kappa shape index (κ1) is 16.6. The van der Waals surface area contributed by atoms with E-state index in [0.717, 1.165) is 22.8 Å². The molecule has 0 aromatic heterocycles. The van der Waals surface area contributed by atoms with E-state index < -0.39 is 10.1 Å². The fourth-order valence-electron chi connectivity index (χ4n) is 3.24. The number of carbonyl (C=O) groups excluding carboxylic acids is 1. The average molecular weight is 367 g/mol. The lowest BCUT2D eigenvalue weighted by atomic mass is 10.1. The van der Waals surface area contributed by atoms with E-state index in [4.69, 9.17) is 4.18 Å². The zero-order chi connectivity index (χ0) is 18.3. The smallest absolute Gasteiger partial charge is 0.339 e. The van der Waals surface area contributed by atoms with Crippen molar-refractivity contribution in [3.05, 3.63) is 66.2 Å². The van der Waals surface area contributed by atoms with Gasteiger partial charge in [-0.15, -0.1) is 0 Å². The third-order valence-corrected chi connectivity index (χ3v) is 5.79. The van der Waals surface area contributed by atoms with Crippen LogP contribution in [-0.4, -0.2) is 20.9 Å². The van der Waals surface area contributed by atoms with Gasteiger partial charge in [-0.1, -0.05) is 36.4 Å². The van der Waals surface area contributed by atoms with Gasteiger partial charge in [0.25, 0.3) is 0 Å². The third-order valence-electron chi connectivity index (χ3n) is 4.55. The highest BCUT2D eigenvalue weighted by atomic mass is 32.2. The van der Waals surface area contributed by atoms with Gasteiger partial charge in [0, 0.05) is 19.2 Å². The lowest BCUT2D eigenvalue weighted by Crippen LogP contribution is -2.26. The van der Waals surface area contributed by atoms with Gasteiger partial charge in [0.2, 0.25) is 5.91 Å². The van der Waals surface area contributed by atoms with E-state index in [1.54, 1.807) is 23.1 Å². The second-order valence-electron chi connectivity index (χ2n) is 6.26. The second kappa shape index (κ2) is 6.14. The van der Waals surface area contributed by atoms with Crippen molar-refractivity contribution in [1.82, 2.24) is 0 Å². The van der Waals surface area contributed by atoms with E-state index in [2.05, 4.69) is 0 Å². The van der Waals surface area contributed by atoms with Crippen molar-refractivity contribution in [3.8, 4) is 5.75 Å². The lowest BCUT2D eigenvalue weighted by Gasteiger charge is -2.15. The van der Waals surface area contributed by atoms with Crippen LogP contribution in [-0.2, 0) is 21.3 Å². The molecule has 3 aromatic carbocycles. The van der Waals surface area contributed by atoms with Gasteiger partial charge in [-0.3, -0.25) is 4.79 Å². The standard InChI is InChI=1S/C20H17NO4S/c1-14(22)21-11-10-16-7-9-19(13-20(16)21)26(23,24)25-18-8-6-15-4-2-3-5-17(15)12-18/h2-9,12-13H,10-11H2,1H3. The Hall–Kier alpha value is -2.86. The first-order valence-electron chi connectivity index (χ1n) is 8.28. The highest BCUT2D eigenvalue weighted by Crippen LogP contribution is 2.32. The molecule has 0 spiro atoms. The van der Waals surface area contributed by atoms with Gasteiger partial charge in [0.1, 0.15) is 10.6 Å². The Kier molecular flexibility index (Phi) is 3.92. The molecule has 132 valence electrons. The van der Waals surface area contributed by atoms with Gasteiger partial charge < -0.3 is 9.08 Å². The van der Waals surface area contributed by atoms with E-state index in [9.17, 15) is 13.2 Å². The molecule has 0 radical (unpaired) electrons. The summed E-state index contributed by atoms with van der Waals surface area (Å²) < 4.78 is 30.7. The van der Waals surface area contributed by atoms with Crippen LogP contribution in [0, 0.1) is 0 Å². The number of hydrogen-bond acceptors (Lipinski definition) is 4. The van der Waals surface area contributed by atoms with Gasteiger partial charge in [0.15, 0.2) is 0 Å². The molecule has 1 aliphatic heterocycles. The second-order valence-corrected chi connectivity index (χ2v) is 7.80. The molecule has 1 heterocycles. The molecule has 0 saturated heterocycles. The summed E-state index contributed by atoms with van der Waals surface area (Å²) in [5.41, 5.74) is 1.60. The summed E-state index contributed by atoms with van der Waals surface area (Å²) in [5, 5.41) is 1.91. The van der Waals surface area contributed by atoms with Crippen LogP contribution in [0.5, 0.6) is 5.75 Å². The third kappa shape index (κ3) is 2.93. The molecular weight excluding hydrogens is 350 g/mol. The summed E-state index contributed by atoms with van der Waals surface area (Å²) in [6.07, 6.45) is 0.723. The minimum Gasteiger partial charge on any atom is -0.379 e. The normalized spacial score (nSPS) is 13.7. The quantitative estimate of drug-likeness (QED) is 0.665. The zero-order valence-corrected chi connectivity index (χ0v) is 15.0. The van der Waals surface area contributed by atoms with Gasteiger partial charge >= 0.3 is 10.1 Å². The largest absolute Gasteiger partial charge is 0.379 e. The predicted octanol–water partition coefficient (Wildman–Crippen LogP) is 3.52. The van der Waals surface area contributed by atoms with E-state index in [1.807, 2.05) is 30.3 Å². The monoisotopic (exact) mass is 367 g/mol. The summed E-state index contributed by atoms with van der Waals surface area (Å²) in [6, 6.07) is 17.6. The van der Waals surface area contributed by atoms with Gasteiger partial charge in [-0.2, -0.15) is 8.42 Å². The molecule has 26 heavy (non-hydrogen) atoms. The highest BCUT2D eigenvalue weighted by molar-refractivity contribution is 7.87. The molecule has 5 nitrogen and oxygen atoms in total. The Labute approximate surface area is 151 Å². The molecule has 1 amide bonds. The van der Waals surface area contributed by atoms with Crippen LogP contribution in [0.15, 0.2) is 65.6 Å².